The Hall–Kier alpha value is -2.42. The average Bonchev–Trinajstić information content (AvgIpc) is 3.10. The van der Waals surface area contributed by atoms with Crippen molar-refractivity contribution in [2.24, 2.45) is 0 Å². The van der Waals surface area contributed by atoms with Crippen LogP contribution in [0.25, 0.3) is 11.3 Å². The summed E-state index contributed by atoms with van der Waals surface area (Å²) in [5, 5.41) is 6.11. The van der Waals surface area contributed by atoms with E-state index in [4.69, 9.17) is 4.74 Å². The fourth-order valence-corrected chi connectivity index (χ4v) is 3.70. The Morgan fingerprint density at radius 2 is 1.78 bits per heavy atom. The molecule has 0 saturated carbocycles. The van der Waals surface area contributed by atoms with Gasteiger partial charge < -0.3 is 10.1 Å². The molecule has 0 atom stereocenters. The number of ether oxygens (including phenoxy) is 1. The molecule has 3 rings (SSSR count). The van der Waals surface area contributed by atoms with Crippen molar-refractivity contribution in [3.05, 3.63) is 59.5 Å². The van der Waals surface area contributed by atoms with Crippen LogP contribution in [0.15, 0.2) is 53.9 Å². The molecule has 8 heteroatoms. The molecule has 3 aromatic rings. The maximum absolute atomic E-state index is 11.1. The van der Waals surface area contributed by atoms with Gasteiger partial charge in [0.05, 0.1) is 19.1 Å². The van der Waals surface area contributed by atoms with Crippen molar-refractivity contribution in [3.8, 4) is 17.0 Å². The quantitative estimate of drug-likeness (QED) is 0.600. The van der Waals surface area contributed by atoms with Crippen LogP contribution in [0.3, 0.4) is 0 Å². The Balaban J connectivity index is 1.61. The molecule has 0 aliphatic heterocycles. The van der Waals surface area contributed by atoms with E-state index in [2.05, 4.69) is 15.0 Å². The Morgan fingerprint density at radius 3 is 2.41 bits per heavy atom. The molecular formula is C19H21N3O3S2. The molecule has 0 aliphatic carbocycles. The Bertz CT molecular complexity index is 982. The van der Waals surface area contributed by atoms with Crippen LogP contribution in [0, 0.1) is 0 Å². The van der Waals surface area contributed by atoms with Crippen molar-refractivity contribution in [3.63, 3.8) is 0 Å². The molecule has 0 radical (unpaired) electrons. The summed E-state index contributed by atoms with van der Waals surface area (Å²) in [6.45, 7) is 0.394. The van der Waals surface area contributed by atoms with Crippen LogP contribution >= 0.6 is 11.3 Å². The molecule has 1 aromatic heterocycles. The standard InChI is InChI=1S/C19H21N3O3S2/c1-25-17-9-7-16(8-10-17)21-19-22-18(13-26-19)15-5-3-14(4-6-15)11-12-20-27(2,23)24/h3-10,13,20H,11-12H2,1-2H3,(H,21,22). The lowest BCUT2D eigenvalue weighted by Crippen LogP contribution is -2.24. The summed E-state index contributed by atoms with van der Waals surface area (Å²) < 4.78 is 29.8. The second kappa shape index (κ2) is 8.51. The third-order valence-electron chi connectivity index (χ3n) is 3.87. The zero-order valence-electron chi connectivity index (χ0n) is 15.1. The van der Waals surface area contributed by atoms with Gasteiger partial charge in [0.1, 0.15) is 5.75 Å². The summed E-state index contributed by atoms with van der Waals surface area (Å²) in [4.78, 5) is 4.63. The van der Waals surface area contributed by atoms with Crippen LogP contribution in [-0.4, -0.2) is 33.3 Å². The minimum absolute atomic E-state index is 0.394. The summed E-state index contributed by atoms with van der Waals surface area (Å²) in [7, 11) is -1.50. The number of rotatable bonds is 8. The fraction of sp³-hybridized carbons (Fsp3) is 0.211. The van der Waals surface area contributed by atoms with Gasteiger partial charge in [-0.2, -0.15) is 0 Å². The monoisotopic (exact) mass is 403 g/mol. The predicted octanol–water partition coefficient (Wildman–Crippen LogP) is 3.65. The third-order valence-corrected chi connectivity index (χ3v) is 5.36. The minimum Gasteiger partial charge on any atom is -0.497 e. The van der Waals surface area contributed by atoms with E-state index in [1.807, 2.05) is 53.9 Å². The van der Waals surface area contributed by atoms with E-state index in [-0.39, 0.29) is 0 Å². The van der Waals surface area contributed by atoms with Crippen LogP contribution in [0.5, 0.6) is 5.75 Å². The van der Waals surface area contributed by atoms with Gasteiger partial charge in [-0.25, -0.2) is 18.1 Å². The fourth-order valence-electron chi connectivity index (χ4n) is 2.48. The molecule has 27 heavy (non-hydrogen) atoms. The van der Waals surface area contributed by atoms with E-state index >= 15 is 0 Å². The number of benzene rings is 2. The highest BCUT2D eigenvalue weighted by Crippen LogP contribution is 2.28. The first-order chi connectivity index (χ1) is 12.9. The number of hydrogen-bond acceptors (Lipinski definition) is 6. The molecule has 0 unspecified atom stereocenters. The van der Waals surface area contributed by atoms with E-state index in [9.17, 15) is 8.42 Å². The molecule has 6 nitrogen and oxygen atoms in total. The zero-order chi connectivity index (χ0) is 19.3. The molecular weight excluding hydrogens is 382 g/mol. The number of anilines is 2. The lowest BCUT2D eigenvalue weighted by Gasteiger charge is -2.05. The summed E-state index contributed by atoms with van der Waals surface area (Å²) in [5.41, 5.74) is 3.94. The number of methoxy groups -OCH3 is 1. The minimum atomic E-state index is -3.15. The van der Waals surface area contributed by atoms with Crippen molar-refractivity contribution < 1.29 is 13.2 Å². The number of nitrogens with zero attached hydrogens (tertiary/aromatic N) is 1. The predicted molar refractivity (Wildman–Crippen MR) is 110 cm³/mol. The van der Waals surface area contributed by atoms with Gasteiger partial charge in [0.2, 0.25) is 10.0 Å². The summed E-state index contributed by atoms with van der Waals surface area (Å²) in [5.74, 6) is 0.812. The topological polar surface area (TPSA) is 80.3 Å². The van der Waals surface area contributed by atoms with E-state index in [1.54, 1.807) is 7.11 Å². The highest BCUT2D eigenvalue weighted by molar-refractivity contribution is 7.88. The van der Waals surface area contributed by atoms with Gasteiger partial charge in [0, 0.05) is 23.2 Å². The molecule has 0 aliphatic rings. The first-order valence-electron chi connectivity index (χ1n) is 8.33. The third kappa shape index (κ3) is 5.78. The van der Waals surface area contributed by atoms with Gasteiger partial charge in [-0.05, 0) is 36.2 Å². The van der Waals surface area contributed by atoms with E-state index in [1.165, 1.54) is 11.3 Å². The molecule has 0 spiro atoms. The molecule has 2 aromatic carbocycles. The summed E-state index contributed by atoms with van der Waals surface area (Å²) in [6, 6.07) is 15.7. The van der Waals surface area contributed by atoms with Crippen LogP contribution in [0.2, 0.25) is 0 Å². The van der Waals surface area contributed by atoms with Crippen molar-refractivity contribution >= 4 is 32.2 Å². The van der Waals surface area contributed by atoms with Crippen molar-refractivity contribution in [2.75, 3.05) is 25.2 Å². The van der Waals surface area contributed by atoms with Crippen LogP contribution in [0.4, 0.5) is 10.8 Å². The van der Waals surface area contributed by atoms with E-state index in [0.29, 0.717) is 13.0 Å². The number of sulfonamides is 1. The largest absolute Gasteiger partial charge is 0.497 e. The molecule has 1 heterocycles. The smallest absolute Gasteiger partial charge is 0.208 e. The van der Waals surface area contributed by atoms with Gasteiger partial charge in [0.15, 0.2) is 5.13 Å². The van der Waals surface area contributed by atoms with Crippen LogP contribution < -0.4 is 14.8 Å². The van der Waals surface area contributed by atoms with Crippen LogP contribution in [-0.2, 0) is 16.4 Å². The maximum Gasteiger partial charge on any atom is 0.208 e. The Kier molecular flexibility index (Phi) is 6.10. The first kappa shape index (κ1) is 19.3. The Morgan fingerprint density at radius 1 is 1.07 bits per heavy atom. The summed E-state index contributed by atoms with van der Waals surface area (Å²) in [6.07, 6.45) is 1.81. The molecule has 2 N–H and O–H groups in total. The lowest BCUT2D eigenvalue weighted by atomic mass is 10.1. The lowest BCUT2D eigenvalue weighted by molar-refractivity contribution is 0.415. The van der Waals surface area contributed by atoms with Gasteiger partial charge in [-0.3, -0.25) is 0 Å². The highest BCUT2D eigenvalue weighted by Gasteiger charge is 2.06. The second-order valence-electron chi connectivity index (χ2n) is 6.00. The molecule has 0 bridgehead atoms. The van der Waals surface area contributed by atoms with Gasteiger partial charge in [0.25, 0.3) is 0 Å². The van der Waals surface area contributed by atoms with Crippen molar-refractivity contribution in [1.82, 2.24) is 9.71 Å². The highest BCUT2D eigenvalue weighted by atomic mass is 32.2. The second-order valence-corrected chi connectivity index (χ2v) is 8.70. The molecule has 0 saturated heterocycles. The average molecular weight is 404 g/mol. The van der Waals surface area contributed by atoms with Crippen molar-refractivity contribution in [2.45, 2.75) is 6.42 Å². The summed E-state index contributed by atoms with van der Waals surface area (Å²) >= 11 is 1.54. The van der Waals surface area contributed by atoms with Gasteiger partial charge in [-0.1, -0.05) is 24.3 Å². The number of thiazole rings is 1. The number of nitrogens with one attached hydrogen (secondary N) is 2. The van der Waals surface area contributed by atoms with Crippen molar-refractivity contribution in [1.29, 1.82) is 0 Å². The zero-order valence-corrected chi connectivity index (χ0v) is 16.7. The molecule has 0 fully saturated rings. The maximum atomic E-state index is 11.1. The van der Waals surface area contributed by atoms with Crippen LogP contribution in [0.1, 0.15) is 5.56 Å². The normalized spacial score (nSPS) is 11.3. The van der Waals surface area contributed by atoms with E-state index in [0.717, 1.165) is 39.6 Å². The van der Waals surface area contributed by atoms with Gasteiger partial charge in [-0.15, -0.1) is 11.3 Å². The SMILES string of the molecule is COc1ccc(Nc2nc(-c3ccc(CCNS(C)(=O)=O)cc3)cs2)cc1. The van der Waals surface area contributed by atoms with Gasteiger partial charge >= 0.3 is 0 Å². The number of aromatic nitrogens is 1. The number of hydrogen-bond donors (Lipinski definition) is 2. The Labute approximate surface area is 163 Å². The molecule has 0 amide bonds. The van der Waals surface area contributed by atoms with E-state index < -0.39 is 10.0 Å². The molecule has 142 valence electrons. The first-order valence-corrected chi connectivity index (χ1v) is 11.1.